The van der Waals surface area contributed by atoms with Gasteiger partial charge in [0.05, 0.1) is 11.4 Å². The van der Waals surface area contributed by atoms with Gasteiger partial charge in [-0.1, -0.05) is 17.9 Å². The normalized spacial score (nSPS) is 9.76. The van der Waals surface area contributed by atoms with Crippen molar-refractivity contribution in [1.82, 2.24) is 9.97 Å². The summed E-state index contributed by atoms with van der Waals surface area (Å²) in [7, 11) is 0. The Kier molecular flexibility index (Phi) is 4.27. The van der Waals surface area contributed by atoms with Gasteiger partial charge in [0, 0.05) is 27.1 Å². The largest absolute Gasteiger partial charge is 0.255 e. The van der Waals surface area contributed by atoms with Crippen LogP contribution in [-0.4, -0.2) is 9.97 Å². The predicted octanol–water partition coefficient (Wildman–Crippen LogP) is 4.15. The first-order valence-corrected chi connectivity index (χ1v) is 7.54. The van der Waals surface area contributed by atoms with Crippen LogP contribution in [0.4, 0.5) is 0 Å². The van der Waals surface area contributed by atoms with E-state index in [1.165, 1.54) is 3.57 Å². The van der Waals surface area contributed by atoms with Crippen molar-refractivity contribution in [3.8, 4) is 23.2 Å². The van der Waals surface area contributed by atoms with Gasteiger partial charge in [0.2, 0.25) is 0 Å². The third-order valence-corrected chi connectivity index (χ3v) is 3.61. The van der Waals surface area contributed by atoms with E-state index in [-0.39, 0.29) is 0 Å². The van der Waals surface area contributed by atoms with Crippen LogP contribution in [-0.2, 0) is 0 Å². The highest BCUT2D eigenvalue weighted by Crippen LogP contribution is 2.13. The Hall–Kier alpha value is -2.19. The third-order valence-electron chi connectivity index (χ3n) is 2.89. The van der Waals surface area contributed by atoms with Crippen molar-refractivity contribution in [2.45, 2.75) is 0 Å². The van der Waals surface area contributed by atoms with Crippen molar-refractivity contribution in [3.05, 3.63) is 81.7 Å². The van der Waals surface area contributed by atoms with Gasteiger partial charge in [0.15, 0.2) is 0 Å². The molecule has 0 N–H and O–H groups in total. The number of pyridine rings is 2. The lowest BCUT2D eigenvalue weighted by Crippen LogP contribution is -1.87. The first-order chi connectivity index (χ1) is 10.3. The second-order valence-corrected chi connectivity index (χ2v) is 5.65. The molecule has 2 aromatic heterocycles. The molecule has 0 aliphatic heterocycles. The van der Waals surface area contributed by atoms with E-state index in [9.17, 15) is 0 Å². The molecule has 3 aromatic rings. The Labute approximate surface area is 137 Å². The average molecular weight is 382 g/mol. The standard InChI is InChI=1S/C18H11IN2/c19-16-9-6-14(7-10-16)4-5-15-8-11-18(21-13-15)17-3-1-2-12-20-17/h1-3,6-13H. The predicted molar refractivity (Wildman–Crippen MR) is 92.6 cm³/mol. The van der Waals surface area contributed by atoms with E-state index in [1.54, 1.807) is 12.4 Å². The van der Waals surface area contributed by atoms with Crippen LogP contribution in [0.2, 0.25) is 0 Å². The van der Waals surface area contributed by atoms with Crippen LogP contribution >= 0.6 is 22.6 Å². The summed E-state index contributed by atoms with van der Waals surface area (Å²) in [5.74, 6) is 6.26. The number of aromatic nitrogens is 2. The van der Waals surface area contributed by atoms with Gasteiger partial charge in [-0.3, -0.25) is 9.97 Å². The topological polar surface area (TPSA) is 25.8 Å². The molecular formula is C18H11IN2. The molecule has 0 spiro atoms. The maximum Gasteiger partial charge on any atom is 0.0887 e. The number of hydrogen-bond acceptors (Lipinski definition) is 2. The number of hydrogen-bond donors (Lipinski definition) is 0. The smallest absolute Gasteiger partial charge is 0.0887 e. The maximum atomic E-state index is 4.41. The van der Waals surface area contributed by atoms with Crippen LogP contribution in [0.15, 0.2) is 67.0 Å². The van der Waals surface area contributed by atoms with Gasteiger partial charge in [-0.2, -0.15) is 0 Å². The summed E-state index contributed by atoms with van der Waals surface area (Å²) in [4.78, 5) is 8.69. The summed E-state index contributed by atoms with van der Waals surface area (Å²) < 4.78 is 1.21. The molecule has 0 bridgehead atoms. The van der Waals surface area contributed by atoms with Crippen molar-refractivity contribution in [2.75, 3.05) is 0 Å². The summed E-state index contributed by atoms with van der Waals surface area (Å²) in [5, 5.41) is 0. The van der Waals surface area contributed by atoms with E-state index in [4.69, 9.17) is 0 Å². The van der Waals surface area contributed by atoms with E-state index < -0.39 is 0 Å². The lowest BCUT2D eigenvalue weighted by atomic mass is 10.2. The van der Waals surface area contributed by atoms with Crippen molar-refractivity contribution in [2.24, 2.45) is 0 Å². The maximum absolute atomic E-state index is 4.41. The molecule has 0 radical (unpaired) electrons. The number of nitrogens with zero attached hydrogens (tertiary/aromatic N) is 2. The van der Waals surface area contributed by atoms with Gasteiger partial charge in [0.25, 0.3) is 0 Å². The Bertz CT molecular complexity index is 783. The lowest BCUT2D eigenvalue weighted by Gasteiger charge is -1.98. The lowest BCUT2D eigenvalue weighted by molar-refractivity contribution is 1.24. The zero-order valence-electron chi connectivity index (χ0n) is 11.1. The van der Waals surface area contributed by atoms with Crippen molar-refractivity contribution >= 4 is 22.6 Å². The van der Waals surface area contributed by atoms with Crippen LogP contribution in [0.5, 0.6) is 0 Å². The van der Waals surface area contributed by atoms with Gasteiger partial charge >= 0.3 is 0 Å². The van der Waals surface area contributed by atoms with Gasteiger partial charge in [0.1, 0.15) is 0 Å². The molecule has 2 nitrogen and oxygen atoms in total. The van der Waals surface area contributed by atoms with Crippen LogP contribution in [0.3, 0.4) is 0 Å². The average Bonchev–Trinajstić information content (AvgIpc) is 2.56. The molecule has 0 fully saturated rings. The molecule has 0 unspecified atom stereocenters. The summed E-state index contributed by atoms with van der Waals surface area (Å²) >= 11 is 2.28. The summed E-state index contributed by atoms with van der Waals surface area (Å²) in [6, 6.07) is 17.8. The number of benzene rings is 1. The van der Waals surface area contributed by atoms with E-state index >= 15 is 0 Å². The van der Waals surface area contributed by atoms with Crippen LogP contribution in [0, 0.1) is 15.4 Å². The van der Waals surface area contributed by atoms with E-state index in [0.29, 0.717) is 0 Å². The fraction of sp³-hybridized carbons (Fsp3) is 0. The number of halogens is 1. The molecule has 0 aliphatic carbocycles. The molecule has 0 saturated carbocycles. The monoisotopic (exact) mass is 382 g/mol. The quantitative estimate of drug-likeness (QED) is 0.467. The molecule has 0 aliphatic rings. The Balaban J connectivity index is 1.81. The van der Waals surface area contributed by atoms with Gasteiger partial charge < -0.3 is 0 Å². The fourth-order valence-electron chi connectivity index (χ4n) is 1.81. The Morgan fingerprint density at radius 3 is 2.10 bits per heavy atom. The minimum Gasteiger partial charge on any atom is -0.255 e. The van der Waals surface area contributed by atoms with Crippen molar-refractivity contribution in [1.29, 1.82) is 0 Å². The van der Waals surface area contributed by atoms with E-state index in [1.807, 2.05) is 54.6 Å². The molecule has 0 amide bonds. The zero-order chi connectivity index (χ0) is 14.5. The second-order valence-electron chi connectivity index (χ2n) is 4.40. The van der Waals surface area contributed by atoms with E-state index in [0.717, 1.165) is 22.5 Å². The molecule has 0 saturated heterocycles. The van der Waals surface area contributed by atoms with Crippen LogP contribution in [0.1, 0.15) is 11.1 Å². The molecule has 21 heavy (non-hydrogen) atoms. The highest BCUT2D eigenvalue weighted by Gasteiger charge is 1.98. The SMILES string of the molecule is Ic1ccc(C#Cc2ccc(-c3ccccn3)nc2)cc1. The minimum absolute atomic E-state index is 0.857. The summed E-state index contributed by atoms with van der Waals surface area (Å²) in [5.41, 5.74) is 3.63. The summed E-state index contributed by atoms with van der Waals surface area (Å²) in [6.07, 6.45) is 3.55. The van der Waals surface area contributed by atoms with Crippen LogP contribution in [0.25, 0.3) is 11.4 Å². The minimum atomic E-state index is 0.857. The molecule has 0 atom stereocenters. The Morgan fingerprint density at radius 1 is 0.714 bits per heavy atom. The van der Waals surface area contributed by atoms with Crippen molar-refractivity contribution in [3.63, 3.8) is 0 Å². The second kappa shape index (κ2) is 6.51. The highest BCUT2D eigenvalue weighted by atomic mass is 127. The molecule has 100 valence electrons. The van der Waals surface area contributed by atoms with Gasteiger partial charge in [-0.15, -0.1) is 0 Å². The molecule has 3 rings (SSSR count). The first-order valence-electron chi connectivity index (χ1n) is 6.46. The fourth-order valence-corrected chi connectivity index (χ4v) is 2.17. The molecule has 2 heterocycles. The number of rotatable bonds is 1. The Morgan fingerprint density at radius 2 is 1.43 bits per heavy atom. The highest BCUT2D eigenvalue weighted by molar-refractivity contribution is 14.1. The van der Waals surface area contributed by atoms with E-state index in [2.05, 4.69) is 44.4 Å². The molecular weight excluding hydrogens is 371 g/mol. The summed E-state index contributed by atoms with van der Waals surface area (Å²) in [6.45, 7) is 0. The first kappa shape index (κ1) is 13.8. The van der Waals surface area contributed by atoms with Crippen molar-refractivity contribution < 1.29 is 0 Å². The zero-order valence-corrected chi connectivity index (χ0v) is 13.3. The van der Waals surface area contributed by atoms with Gasteiger partial charge in [-0.05, 0) is 71.1 Å². The molecule has 3 heteroatoms. The third kappa shape index (κ3) is 3.67. The van der Waals surface area contributed by atoms with Crippen LogP contribution < -0.4 is 0 Å². The molecule has 1 aromatic carbocycles. The van der Waals surface area contributed by atoms with Gasteiger partial charge in [-0.25, -0.2) is 0 Å².